The number of nitrogens with zero attached hydrogens (tertiary/aromatic N) is 4. The molecule has 7 nitrogen and oxygen atoms in total. The van der Waals surface area contributed by atoms with Crippen molar-refractivity contribution in [1.29, 1.82) is 0 Å². The maximum Gasteiger partial charge on any atom is 0.227 e. The molecule has 0 spiro atoms. The third-order valence-corrected chi connectivity index (χ3v) is 6.02. The SMILES string of the molecule is CSc1cccc(N2C[C@@H](C(=O)N[C@@H](C)c3ccc(-n4cncn4)cc3)CC2=O)c1. The second kappa shape index (κ2) is 8.71. The van der Waals surface area contributed by atoms with E-state index in [2.05, 4.69) is 15.4 Å². The van der Waals surface area contributed by atoms with Crippen LogP contribution in [0, 0.1) is 5.92 Å². The highest BCUT2D eigenvalue weighted by Crippen LogP contribution is 2.28. The van der Waals surface area contributed by atoms with Gasteiger partial charge in [-0.2, -0.15) is 5.10 Å². The van der Waals surface area contributed by atoms with Crippen LogP contribution in [0.2, 0.25) is 0 Å². The molecule has 0 unspecified atom stereocenters. The predicted octanol–water partition coefficient (Wildman–Crippen LogP) is 3.22. The number of aromatic nitrogens is 3. The molecule has 1 saturated heterocycles. The quantitative estimate of drug-likeness (QED) is 0.618. The Kier molecular flexibility index (Phi) is 5.85. The molecule has 4 rings (SSSR count). The molecule has 8 heteroatoms. The maximum absolute atomic E-state index is 12.8. The van der Waals surface area contributed by atoms with Gasteiger partial charge in [-0.1, -0.05) is 18.2 Å². The summed E-state index contributed by atoms with van der Waals surface area (Å²) in [7, 11) is 0. The molecule has 2 atom stereocenters. The fourth-order valence-electron chi connectivity index (χ4n) is 3.58. The zero-order chi connectivity index (χ0) is 21.1. The molecule has 0 aliphatic carbocycles. The first-order chi connectivity index (χ1) is 14.5. The molecule has 1 N–H and O–H groups in total. The van der Waals surface area contributed by atoms with Crippen molar-refractivity contribution in [3.05, 3.63) is 66.7 Å². The van der Waals surface area contributed by atoms with E-state index in [9.17, 15) is 9.59 Å². The van der Waals surface area contributed by atoms with Gasteiger partial charge >= 0.3 is 0 Å². The van der Waals surface area contributed by atoms with Gasteiger partial charge in [0.2, 0.25) is 11.8 Å². The van der Waals surface area contributed by atoms with Crippen molar-refractivity contribution in [2.45, 2.75) is 24.3 Å². The van der Waals surface area contributed by atoms with E-state index in [4.69, 9.17) is 0 Å². The zero-order valence-electron chi connectivity index (χ0n) is 16.9. The molecule has 0 bridgehead atoms. The summed E-state index contributed by atoms with van der Waals surface area (Å²) in [5.74, 6) is -0.467. The van der Waals surface area contributed by atoms with Crippen LogP contribution < -0.4 is 10.2 Å². The second-order valence-electron chi connectivity index (χ2n) is 7.27. The Morgan fingerprint density at radius 2 is 2.00 bits per heavy atom. The molecule has 154 valence electrons. The van der Waals surface area contributed by atoms with Gasteiger partial charge in [0.1, 0.15) is 12.7 Å². The number of amides is 2. The first-order valence-corrected chi connectivity index (χ1v) is 11.0. The van der Waals surface area contributed by atoms with Crippen molar-refractivity contribution in [3.63, 3.8) is 0 Å². The molecule has 30 heavy (non-hydrogen) atoms. The summed E-state index contributed by atoms with van der Waals surface area (Å²) in [6.45, 7) is 2.35. The van der Waals surface area contributed by atoms with Crippen LogP contribution in [0.5, 0.6) is 0 Å². The number of nitrogens with one attached hydrogen (secondary N) is 1. The Balaban J connectivity index is 1.39. The fraction of sp³-hybridized carbons (Fsp3) is 0.273. The first-order valence-electron chi connectivity index (χ1n) is 9.75. The number of hydrogen-bond donors (Lipinski definition) is 1. The minimum Gasteiger partial charge on any atom is -0.349 e. The summed E-state index contributed by atoms with van der Waals surface area (Å²) >= 11 is 1.63. The fourth-order valence-corrected chi connectivity index (χ4v) is 4.04. The van der Waals surface area contributed by atoms with Gasteiger partial charge in [-0.25, -0.2) is 9.67 Å². The van der Waals surface area contributed by atoms with E-state index in [1.807, 2.05) is 61.7 Å². The molecule has 2 heterocycles. The van der Waals surface area contributed by atoms with Gasteiger partial charge < -0.3 is 10.2 Å². The minimum absolute atomic E-state index is 0.0155. The summed E-state index contributed by atoms with van der Waals surface area (Å²) in [5.41, 5.74) is 2.74. The lowest BCUT2D eigenvalue weighted by atomic mass is 10.0. The normalized spacial score (nSPS) is 17.2. The van der Waals surface area contributed by atoms with Crippen molar-refractivity contribution in [1.82, 2.24) is 20.1 Å². The molecular formula is C22H23N5O2S. The van der Waals surface area contributed by atoms with Crippen LogP contribution >= 0.6 is 11.8 Å². The van der Waals surface area contributed by atoms with Crippen LogP contribution in [-0.2, 0) is 9.59 Å². The van der Waals surface area contributed by atoms with Crippen LogP contribution in [-0.4, -0.2) is 39.4 Å². The summed E-state index contributed by atoms with van der Waals surface area (Å²) in [4.78, 5) is 32.1. The minimum atomic E-state index is -0.354. The lowest BCUT2D eigenvalue weighted by Gasteiger charge is -2.19. The highest BCUT2D eigenvalue weighted by atomic mass is 32.2. The van der Waals surface area contributed by atoms with Gasteiger partial charge in [0.15, 0.2) is 0 Å². The summed E-state index contributed by atoms with van der Waals surface area (Å²) in [5, 5.41) is 7.16. The Bertz CT molecular complexity index is 1040. The number of rotatable bonds is 6. The van der Waals surface area contributed by atoms with E-state index in [-0.39, 0.29) is 30.2 Å². The van der Waals surface area contributed by atoms with Crippen molar-refractivity contribution in [2.75, 3.05) is 17.7 Å². The molecular weight excluding hydrogens is 398 g/mol. The monoisotopic (exact) mass is 421 g/mol. The molecule has 0 saturated carbocycles. The van der Waals surface area contributed by atoms with E-state index >= 15 is 0 Å². The van der Waals surface area contributed by atoms with Gasteiger partial charge in [0, 0.05) is 23.5 Å². The standard InChI is InChI=1S/C22H23N5O2S/c1-15(16-6-8-18(9-7-16)27-14-23-13-24-27)25-22(29)17-10-21(28)26(12-17)19-4-3-5-20(11-19)30-2/h3-9,11,13-15,17H,10,12H2,1-2H3,(H,25,29)/t15-,17-/m0/s1. The number of carbonyl (C=O) groups is 2. The first kappa shape index (κ1) is 20.2. The van der Waals surface area contributed by atoms with Crippen LogP contribution in [0.25, 0.3) is 5.69 Å². The number of anilines is 1. The molecule has 1 aromatic heterocycles. The Morgan fingerprint density at radius 3 is 2.70 bits per heavy atom. The van der Waals surface area contributed by atoms with Crippen LogP contribution in [0.3, 0.4) is 0 Å². The highest BCUT2D eigenvalue weighted by molar-refractivity contribution is 7.98. The molecule has 1 aliphatic rings. The van der Waals surface area contributed by atoms with E-state index in [0.717, 1.165) is 21.8 Å². The smallest absolute Gasteiger partial charge is 0.227 e. The van der Waals surface area contributed by atoms with Crippen molar-refractivity contribution in [2.24, 2.45) is 5.92 Å². The third-order valence-electron chi connectivity index (χ3n) is 5.30. The van der Waals surface area contributed by atoms with Crippen LogP contribution in [0.1, 0.15) is 24.9 Å². The topological polar surface area (TPSA) is 80.1 Å². The highest BCUT2D eigenvalue weighted by Gasteiger charge is 2.35. The van der Waals surface area contributed by atoms with E-state index in [1.54, 1.807) is 27.7 Å². The summed E-state index contributed by atoms with van der Waals surface area (Å²) in [6, 6.07) is 15.5. The maximum atomic E-state index is 12.8. The predicted molar refractivity (Wildman–Crippen MR) is 117 cm³/mol. The largest absolute Gasteiger partial charge is 0.349 e. The average molecular weight is 422 g/mol. The number of benzene rings is 2. The van der Waals surface area contributed by atoms with Crippen molar-refractivity contribution in [3.8, 4) is 5.69 Å². The van der Waals surface area contributed by atoms with Crippen LogP contribution in [0.4, 0.5) is 5.69 Å². The lowest BCUT2D eigenvalue weighted by Crippen LogP contribution is -2.34. The summed E-state index contributed by atoms with van der Waals surface area (Å²) in [6.07, 6.45) is 5.35. The van der Waals surface area contributed by atoms with Gasteiger partial charge in [0.05, 0.1) is 17.6 Å². The van der Waals surface area contributed by atoms with E-state index in [1.165, 1.54) is 6.33 Å². The Labute approximate surface area is 179 Å². The molecule has 0 radical (unpaired) electrons. The number of carbonyl (C=O) groups excluding carboxylic acids is 2. The second-order valence-corrected chi connectivity index (χ2v) is 8.15. The number of thioether (sulfide) groups is 1. The zero-order valence-corrected chi connectivity index (χ0v) is 17.7. The lowest BCUT2D eigenvalue weighted by molar-refractivity contribution is -0.126. The third kappa shape index (κ3) is 4.23. The van der Waals surface area contributed by atoms with Crippen molar-refractivity contribution < 1.29 is 9.59 Å². The molecule has 1 fully saturated rings. The van der Waals surface area contributed by atoms with Gasteiger partial charge in [-0.3, -0.25) is 9.59 Å². The van der Waals surface area contributed by atoms with E-state index < -0.39 is 0 Å². The number of hydrogen-bond acceptors (Lipinski definition) is 5. The van der Waals surface area contributed by atoms with E-state index in [0.29, 0.717) is 6.54 Å². The summed E-state index contributed by atoms with van der Waals surface area (Å²) < 4.78 is 1.68. The van der Waals surface area contributed by atoms with Gasteiger partial charge in [-0.15, -0.1) is 11.8 Å². The molecule has 1 aliphatic heterocycles. The molecule has 3 aromatic rings. The van der Waals surface area contributed by atoms with Gasteiger partial charge in [0.25, 0.3) is 0 Å². The average Bonchev–Trinajstić information content (AvgIpc) is 3.44. The molecule has 2 aromatic carbocycles. The molecule has 2 amide bonds. The Morgan fingerprint density at radius 1 is 1.20 bits per heavy atom. The Hall–Kier alpha value is -3.13. The van der Waals surface area contributed by atoms with Crippen LogP contribution in [0.15, 0.2) is 66.1 Å². The van der Waals surface area contributed by atoms with Crippen molar-refractivity contribution >= 4 is 29.3 Å². The van der Waals surface area contributed by atoms with Gasteiger partial charge in [-0.05, 0) is 49.1 Å².